The summed E-state index contributed by atoms with van der Waals surface area (Å²) in [4.78, 5) is 22.4. The monoisotopic (exact) mass is 393 g/mol. The van der Waals surface area contributed by atoms with E-state index in [-0.39, 0.29) is 11.7 Å². The number of fused-ring (bicyclic) bond motifs is 1. The molecule has 29 heavy (non-hydrogen) atoms. The molecule has 0 spiro atoms. The maximum Gasteiger partial charge on any atom is 0.258 e. The summed E-state index contributed by atoms with van der Waals surface area (Å²) in [5.74, 6) is 1.53. The van der Waals surface area contributed by atoms with Crippen LogP contribution in [0.3, 0.4) is 0 Å². The van der Waals surface area contributed by atoms with Gasteiger partial charge in [-0.25, -0.2) is 4.98 Å². The molecule has 0 amide bonds. The molecule has 6 heteroatoms. The molecule has 1 N–H and O–H groups in total. The molecule has 1 fully saturated rings. The van der Waals surface area contributed by atoms with E-state index < -0.39 is 0 Å². The number of aryl methyl sites for hydroxylation is 1. The van der Waals surface area contributed by atoms with Crippen molar-refractivity contribution in [2.24, 2.45) is 0 Å². The Balaban J connectivity index is 1.62. The highest BCUT2D eigenvalue weighted by atomic mass is 16.5. The standard InChI is InChI=1S/C23H27N3O3/c1-16-9-10-21(28-2)17(12-16)13-26(14-18-6-5-11-29-18)15-22-24-20-8-4-3-7-19(20)23(27)25-22/h3-4,7-10,12,18H,5-6,11,13-15H2,1-2H3,(H,24,25,27). The number of hydrogen-bond acceptors (Lipinski definition) is 5. The number of H-pyrrole nitrogens is 1. The van der Waals surface area contributed by atoms with Crippen molar-refractivity contribution >= 4 is 10.9 Å². The summed E-state index contributed by atoms with van der Waals surface area (Å²) in [5.41, 5.74) is 2.93. The van der Waals surface area contributed by atoms with E-state index in [9.17, 15) is 4.79 Å². The van der Waals surface area contributed by atoms with Crippen LogP contribution < -0.4 is 10.3 Å². The Morgan fingerprint density at radius 3 is 2.90 bits per heavy atom. The SMILES string of the molecule is COc1ccc(C)cc1CN(Cc1nc2ccccc2c(=O)[nH]1)CC1CCCO1. The van der Waals surface area contributed by atoms with Crippen molar-refractivity contribution in [3.8, 4) is 5.75 Å². The Hall–Kier alpha value is -2.70. The molecule has 1 atom stereocenters. The van der Waals surface area contributed by atoms with Gasteiger partial charge in [-0.3, -0.25) is 9.69 Å². The number of rotatable bonds is 7. The van der Waals surface area contributed by atoms with E-state index in [0.717, 1.165) is 42.8 Å². The van der Waals surface area contributed by atoms with Gasteiger partial charge in [0.25, 0.3) is 5.56 Å². The van der Waals surface area contributed by atoms with Gasteiger partial charge in [-0.2, -0.15) is 0 Å². The maximum atomic E-state index is 12.5. The van der Waals surface area contributed by atoms with E-state index in [1.165, 1.54) is 5.56 Å². The average Bonchev–Trinajstić information content (AvgIpc) is 3.21. The van der Waals surface area contributed by atoms with Crippen LogP contribution in [0, 0.1) is 6.92 Å². The molecule has 0 aliphatic carbocycles. The molecule has 3 aromatic rings. The quantitative estimate of drug-likeness (QED) is 0.666. The van der Waals surface area contributed by atoms with Crippen LogP contribution in [0.2, 0.25) is 0 Å². The number of methoxy groups -OCH3 is 1. The molecular weight excluding hydrogens is 366 g/mol. The summed E-state index contributed by atoms with van der Waals surface area (Å²) in [7, 11) is 1.70. The molecule has 6 nitrogen and oxygen atoms in total. The van der Waals surface area contributed by atoms with E-state index in [0.29, 0.717) is 24.3 Å². The summed E-state index contributed by atoms with van der Waals surface area (Å²) < 4.78 is 11.4. The molecule has 1 saturated heterocycles. The molecule has 1 aromatic heterocycles. The van der Waals surface area contributed by atoms with Gasteiger partial charge in [0, 0.05) is 25.3 Å². The lowest BCUT2D eigenvalue weighted by molar-refractivity contribution is 0.0667. The van der Waals surface area contributed by atoms with Crippen LogP contribution in [0.15, 0.2) is 47.3 Å². The minimum Gasteiger partial charge on any atom is -0.496 e. The van der Waals surface area contributed by atoms with Crippen LogP contribution in [0.25, 0.3) is 10.9 Å². The van der Waals surface area contributed by atoms with Gasteiger partial charge < -0.3 is 14.5 Å². The van der Waals surface area contributed by atoms with Gasteiger partial charge in [-0.1, -0.05) is 29.8 Å². The fraction of sp³-hybridized carbons (Fsp3) is 0.391. The first-order valence-corrected chi connectivity index (χ1v) is 10.1. The van der Waals surface area contributed by atoms with Crippen LogP contribution >= 0.6 is 0 Å². The van der Waals surface area contributed by atoms with Crippen molar-refractivity contribution < 1.29 is 9.47 Å². The zero-order valence-electron chi connectivity index (χ0n) is 17.0. The third kappa shape index (κ3) is 4.66. The number of nitrogens with one attached hydrogen (secondary N) is 1. The number of hydrogen-bond donors (Lipinski definition) is 1. The molecule has 1 aliphatic rings. The molecular formula is C23H27N3O3. The smallest absolute Gasteiger partial charge is 0.258 e. The summed E-state index contributed by atoms with van der Waals surface area (Å²) in [5, 5.41) is 0.613. The van der Waals surface area contributed by atoms with E-state index in [1.54, 1.807) is 13.2 Å². The molecule has 152 valence electrons. The fourth-order valence-electron chi connectivity index (χ4n) is 3.95. The second kappa shape index (κ2) is 8.76. The van der Waals surface area contributed by atoms with Crippen LogP contribution in [0.5, 0.6) is 5.75 Å². The second-order valence-electron chi connectivity index (χ2n) is 7.65. The summed E-state index contributed by atoms with van der Waals surface area (Å²) in [6, 6.07) is 13.6. The summed E-state index contributed by atoms with van der Waals surface area (Å²) in [6.07, 6.45) is 2.36. The first kappa shape index (κ1) is 19.6. The Bertz CT molecular complexity index is 1040. The molecule has 2 heterocycles. The van der Waals surface area contributed by atoms with Crippen molar-refractivity contribution in [2.75, 3.05) is 20.3 Å². The number of aromatic nitrogens is 2. The first-order valence-electron chi connectivity index (χ1n) is 10.1. The Morgan fingerprint density at radius 1 is 1.24 bits per heavy atom. The molecule has 1 unspecified atom stereocenters. The van der Waals surface area contributed by atoms with Crippen molar-refractivity contribution in [1.29, 1.82) is 0 Å². The predicted octanol–water partition coefficient (Wildman–Crippen LogP) is 3.42. The first-order chi connectivity index (χ1) is 14.1. The van der Waals surface area contributed by atoms with E-state index in [2.05, 4.69) is 33.9 Å². The minimum atomic E-state index is -0.101. The number of aromatic amines is 1. The highest BCUT2D eigenvalue weighted by Gasteiger charge is 2.21. The van der Waals surface area contributed by atoms with Crippen molar-refractivity contribution in [3.05, 3.63) is 69.8 Å². The lowest BCUT2D eigenvalue weighted by Gasteiger charge is -2.25. The zero-order valence-corrected chi connectivity index (χ0v) is 17.0. The number of nitrogens with zero attached hydrogens (tertiary/aromatic N) is 2. The lowest BCUT2D eigenvalue weighted by atomic mass is 10.1. The summed E-state index contributed by atoms with van der Waals surface area (Å²) >= 11 is 0. The zero-order chi connectivity index (χ0) is 20.2. The number of benzene rings is 2. The Labute approximate surface area is 170 Å². The topological polar surface area (TPSA) is 67.5 Å². The van der Waals surface area contributed by atoms with Gasteiger partial charge in [0.2, 0.25) is 0 Å². The molecule has 0 radical (unpaired) electrons. The van der Waals surface area contributed by atoms with Gasteiger partial charge >= 0.3 is 0 Å². The second-order valence-corrected chi connectivity index (χ2v) is 7.65. The Morgan fingerprint density at radius 2 is 2.10 bits per heavy atom. The van der Waals surface area contributed by atoms with Gasteiger partial charge in [0.1, 0.15) is 11.6 Å². The van der Waals surface area contributed by atoms with E-state index in [1.807, 2.05) is 24.3 Å². The molecule has 0 saturated carbocycles. The van der Waals surface area contributed by atoms with E-state index in [4.69, 9.17) is 9.47 Å². The molecule has 0 bridgehead atoms. The van der Waals surface area contributed by atoms with Gasteiger partial charge in [0.05, 0.1) is 30.7 Å². The molecule has 4 rings (SSSR count). The van der Waals surface area contributed by atoms with Crippen molar-refractivity contribution in [3.63, 3.8) is 0 Å². The predicted molar refractivity (Wildman–Crippen MR) is 113 cm³/mol. The third-order valence-electron chi connectivity index (χ3n) is 5.35. The van der Waals surface area contributed by atoms with Gasteiger partial charge in [-0.05, 0) is 38.0 Å². The van der Waals surface area contributed by atoms with Crippen molar-refractivity contribution in [2.45, 2.75) is 39.0 Å². The van der Waals surface area contributed by atoms with Crippen LogP contribution in [-0.2, 0) is 17.8 Å². The Kier molecular flexibility index (Phi) is 5.92. The van der Waals surface area contributed by atoms with Gasteiger partial charge in [0.15, 0.2) is 0 Å². The number of ether oxygens (including phenoxy) is 2. The molecule has 1 aliphatic heterocycles. The normalized spacial score (nSPS) is 16.6. The average molecular weight is 393 g/mol. The third-order valence-corrected chi connectivity index (χ3v) is 5.35. The highest BCUT2D eigenvalue weighted by Crippen LogP contribution is 2.23. The lowest BCUT2D eigenvalue weighted by Crippen LogP contribution is -2.33. The van der Waals surface area contributed by atoms with Crippen LogP contribution in [-0.4, -0.2) is 41.2 Å². The highest BCUT2D eigenvalue weighted by molar-refractivity contribution is 5.77. The van der Waals surface area contributed by atoms with Crippen LogP contribution in [0.4, 0.5) is 0 Å². The maximum absolute atomic E-state index is 12.5. The largest absolute Gasteiger partial charge is 0.496 e. The van der Waals surface area contributed by atoms with E-state index >= 15 is 0 Å². The minimum absolute atomic E-state index is 0.101. The molecule has 2 aromatic carbocycles. The summed E-state index contributed by atoms with van der Waals surface area (Å²) in [6.45, 7) is 4.92. The fourth-order valence-corrected chi connectivity index (χ4v) is 3.95. The van der Waals surface area contributed by atoms with Crippen LogP contribution in [0.1, 0.15) is 29.8 Å². The number of para-hydroxylation sites is 1. The van der Waals surface area contributed by atoms with Gasteiger partial charge in [-0.15, -0.1) is 0 Å². The van der Waals surface area contributed by atoms with Crippen molar-refractivity contribution in [1.82, 2.24) is 14.9 Å².